The second kappa shape index (κ2) is 5.10. The predicted molar refractivity (Wildman–Crippen MR) is 78.0 cm³/mol. The maximum absolute atomic E-state index is 13.9. The number of benzene rings is 2. The SMILES string of the molecule is Cc1cccc(-n2ncc3cccc(F)c3c2=O)c1CO. The van der Waals surface area contributed by atoms with E-state index in [-0.39, 0.29) is 12.0 Å². The molecule has 5 heteroatoms. The Morgan fingerprint density at radius 2 is 2.00 bits per heavy atom. The maximum Gasteiger partial charge on any atom is 0.282 e. The Labute approximate surface area is 120 Å². The molecule has 0 bridgehead atoms. The summed E-state index contributed by atoms with van der Waals surface area (Å²) in [6.07, 6.45) is 1.45. The van der Waals surface area contributed by atoms with E-state index in [0.29, 0.717) is 16.6 Å². The summed E-state index contributed by atoms with van der Waals surface area (Å²) < 4.78 is 15.0. The Hall–Kier alpha value is -2.53. The van der Waals surface area contributed by atoms with Gasteiger partial charge in [0.2, 0.25) is 0 Å². The minimum atomic E-state index is -0.577. The molecule has 1 aromatic heterocycles. The van der Waals surface area contributed by atoms with E-state index in [1.807, 2.05) is 13.0 Å². The minimum absolute atomic E-state index is 0.00195. The Morgan fingerprint density at radius 1 is 1.24 bits per heavy atom. The standard InChI is InChI=1S/C16H13FN2O2/c1-10-4-2-7-14(12(10)9-20)19-16(21)15-11(8-18-19)5-3-6-13(15)17/h2-8,20H,9H2,1H3. The first-order chi connectivity index (χ1) is 10.1. The van der Waals surface area contributed by atoms with Crippen molar-refractivity contribution in [3.63, 3.8) is 0 Å². The highest BCUT2D eigenvalue weighted by Gasteiger charge is 2.13. The molecule has 0 saturated heterocycles. The highest BCUT2D eigenvalue weighted by atomic mass is 19.1. The number of fused-ring (bicyclic) bond motifs is 1. The van der Waals surface area contributed by atoms with Gasteiger partial charge in [-0.1, -0.05) is 24.3 Å². The van der Waals surface area contributed by atoms with Crippen LogP contribution in [0.4, 0.5) is 4.39 Å². The van der Waals surface area contributed by atoms with Crippen LogP contribution in [0.1, 0.15) is 11.1 Å². The predicted octanol–water partition coefficient (Wildman–Crippen LogP) is 2.33. The molecule has 1 N–H and O–H groups in total. The van der Waals surface area contributed by atoms with Gasteiger partial charge in [-0.3, -0.25) is 4.79 Å². The van der Waals surface area contributed by atoms with Crippen LogP contribution in [0, 0.1) is 12.7 Å². The number of halogens is 1. The highest BCUT2D eigenvalue weighted by molar-refractivity contribution is 5.81. The molecule has 0 radical (unpaired) electrons. The smallest absolute Gasteiger partial charge is 0.282 e. The van der Waals surface area contributed by atoms with E-state index in [1.165, 1.54) is 18.3 Å². The van der Waals surface area contributed by atoms with Gasteiger partial charge in [0.1, 0.15) is 5.82 Å². The summed E-state index contributed by atoms with van der Waals surface area (Å²) in [6, 6.07) is 9.71. The fourth-order valence-electron chi connectivity index (χ4n) is 2.41. The van der Waals surface area contributed by atoms with E-state index in [2.05, 4.69) is 5.10 Å². The van der Waals surface area contributed by atoms with Crippen molar-refractivity contribution in [3.8, 4) is 5.69 Å². The summed E-state index contributed by atoms with van der Waals surface area (Å²) in [5.41, 5.74) is 1.37. The second-order valence-corrected chi connectivity index (χ2v) is 4.80. The third-order valence-corrected chi connectivity index (χ3v) is 3.54. The van der Waals surface area contributed by atoms with Gasteiger partial charge in [-0.05, 0) is 24.6 Å². The molecule has 1 heterocycles. The van der Waals surface area contributed by atoms with Crippen LogP contribution in [0.25, 0.3) is 16.5 Å². The van der Waals surface area contributed by atoms with E-state index in [0.717, 1.165) is 10.2 Å². The average molecular weight is 284 g/mol. The van der Waals surface area contributed by atoms with Gasteiger partial charge in [-0.2, -0.15) is 9.78 Å². The summed E-state index contributed by atoms with van der Waals surface area (Å²) in [5, 5.41) is 14.0. The zero-order valence-electron chi connectivity index (χ0n) is 11.4. The van der Waals surface area contributed by atoms with Crippen molar-refractivity contribution < 1.29 is 9.50 Å². The van der Waals surface area contributed by atoms with Gasteiger partial charge in [0.15, 0.2) is 0 Å². The van der Waals surface area contributed by atoms with Gasteiger partial charge >= 0.3 is 0 Å². The summed E-state index contributed by atoms with van der Waals surface area (Å²) in [6.45, 7) is 1.62. The van der Waals surface area contributed by atoms with Gasteiger partial charge in [-0.25, -0.2) is 4.39 Å². The molecule has 0 atom stereocenters. The van der Waals surface area contributed by atoms with Crippen molar-refractivity contribution >= 4 is 10.8 Å². The lowest BCUT2D eigenvalue weighted by Crippen LogP contribution is -2.23. The summed E-state index contributed by atoms with van der Waals surface area (Å²) >= 11 is 0. The van der Waals surface area contributed by atoms with Crippen molar-refractivity contribution in [1.82, 2.24) is 9.78 Å². The first-order valence-electron chi connectivity index (χ1n) is 6.50. The van der Waals surface area contributed by atoms with E-state index >= 15 is 0 Å². The Kier molecular flexibility index (Phi) is 3.27. The van der Waals surface area contributed by atoms with E-state index < -0.39 is 11.4 Å². The fraction of sp³-hybridized carbons (Fsp3) is 0.125. The molecule has 3 aromatic rings. The van der Waals surface area contributed by atoms with Crippen LogP contribution < -0.4 is 5.56 Å². The molecule has 0 aliphatic carbocycles. The van der Waals surface area contributed by atoms with Crippen molar-refractivity contribution in [2.45, 2.75) is 13.5 Å². The number of aliphatic hydroxyl groups is 1. The summed E-state index contributed by atoms with van der Waals surface area (Å²) in [5.74, 6) is -0.577. The Morgan fingerprint density at radius 3 is 2.76 bits per heavy atom. The molecule has 0 aliphatic heterocycles. The molecule has 3 rings (SSSR count). The third kappa shape index (κ3) is 2.11. The molecule has 106 valence electrons. The molecule has 0 aliphatic rings. The molecular formula is C16H13FN2O2. The average Bonchev–Trinajstić information content (AvgIpc) is 2.47. The molecule has 0 saturated carbocycles. The quantitative estimate of drug-likeness (QED) is 0.785. The molecule has 0 fully saturated rings. The first-order valence-corrected chi connectivity index (χ1v) is 6.50. The van der Waals surface area contributed by atoms with Crippen LogP contribution in [0.3, 0.4) is 0 Å². The van der Waals surface area contributed by atoms with E-state index in [1.54, 1.807) is 18.2 Å². The van der Waals surface area contributed by atoms with Crippen LogP contribution in [0.15, 0.2) is 47.4 Å². The van der Waals surface area contributed by atoms with Crippen molar-refractivity contribution in [1.29, 1.82) is 0 Å². The van der Waals surface area contributed by atoms with Gasteiger partial charge in [-0.15, -0.1) is 0 Å². The van der Waals surface area contributed by atoms with E-state index in [9.17, 15) is 14.3 Å². The Bertz CT molecular complexity index is 887. The molecule has 4 nitrogen and oxygen atoms in total. The van der Waals surface area contributed by atoms with Crippen LogP contribution in [0.2, 0.25) is 0 Å². The monoisotopic (exact) mass is 284 g/mol. The largest absolute Gasteiger partial charge is 0.392 e. The van der Waals surface area contributed by atoms with Crippen molar-refractivity contribution in [2.24, 2.45) is 0 Å². The lowest BCUT2D eigenvalue weighted by Gasteiger charge is -2.12. The Balaban J connectivity index is 2.37. The molecule has 0 spiro atoms. The minimum Gasteiger partial charge on any atom is -0.392 e. The zero-order chi connectivity index (χ0) is 15.0. The number of rotatable bonds is 2. The van der Waals surface area contributed by atoms with Gasteiger partial charge < -0.3 is 5.11 Å². The van der Waals surface area contributed by atoms with Gasteiger partial charge in [0, 0.05) is 10.9 Å². The number of aromatic nitrogens is 2. The van der Waals surface area contributed by atoms with Gasteiger partial charge in [0.05, 0.1) is 23.9 Å². The molecule has 2 aromatic carbocycles. The first kappa shape index (κ1) is 13.5. The normalized spacial score (nSPS) is 11.0. The van der Waals surface area contributed by atoms with Crippen molar-refractivity contribution in [3.05, 3.63) is 69.9 Å². The second-order valence-electron chi connectivity index (χ2n) is 4.80. The van der Waals surface area contributed by atoms with Crippen LogP contribution in [0.5, 0.6) is 0 Å². The van der Waals surface area contributed by atoms with Crippen LogP contribution >= 0.6 is 0 Å². The number of aliphatic hydroxyl groups excluding tert-OH is 1. The zero-order valence-corrected chi connectivity index (χ0v) is 11.4. The fourth-order valence-corrected chi connectivity index (χ4v) is 2.41. The third-order valence-electron chi connectivity index (χ3n) is 3.54. The van der Waals surface area contributed by atoms with Crippen LogP contribution in [-0.2, 0) is 6.61 Å². The molecule has 0 unspecified atom stereocenters. The molecule has 0 amide bonds. The highest BCUT2D eigenvalue weighted by Crippen LogP contribution is 2.18. The summed E-state index contributed by atoms with van der Waals surface area (Å²) in [7, 11) is 0. The number of nitrogens with zero attached hydrogens (tertiary/aromatic N) is 2. The van der Waals surface area contributed by atoms with Gasteiger partial charge in [0.25, 0.3) is 5.56 Å². The lowest BCUT2D eigenvalue weighted by molar-refractivity contribution is 0.280. The topological polar surface area (TPSA) is 55.1 Å². The molecular weight excluding hydrogens is 271 g/mol. The molecule has 21 heavy (non-hydrogen) atoms. The summed E-state index contributed by atoms with van der Waals surface area (Å²) in [4.78, 5) is 12.5. The number of aryl methyl sites for hydroxylation is 1. The van der Waals surface area contributed by atoms with Crippen LogP contribution in [-0.4, -0.2) is 14.9 Å². The number of hydrogen-bond donors (Lipinski definition) is 1. The maximum atomic E-state index is 13.9. The number of hydrogen-bond acceptors (Lipinski definition) is 3. The van der Waals surface area contributed by atoms with Crippen molar-refractivity contribution in [2.75, 3.05) is 0 Å². The lowest BCUT2D eigenvalue weighted by atomic mass is 10.1. The van der Waals surface area contributed by atoms with E-state index in [4.69, 9.17) is 0 Å².